The molecule has 0 bridgehead atoms. The summed E-state index contributed by atoms with van der Waals surface area (Å²) in [7, 11) is 2.27. The summed E-state index contributed by atoms with van der Waals surface area (Å²) in [6.45, 7) is 8.45. The van der Waals surface area contributed by atoms with Gasteiger partial charge >= 0.3 is 0 Å². The second-order valence-corrected chi connectivity index (χ2v) is 6.67. The molecule has 0 saturated carbocycles. The molecule has 2 aliphatic rings. The summed E-state index contributed by atoms with van der Waals surface area (Å²) < 4.78 is 0. The zero-order valence-electron chi connectivity index (χ0n) is 13.5. The van der Waals surface area contributed by atoms with Crippen LogP contribution in [0.5, 0.6) is 0 Å². The summed E-state index contributed by atoms with van der Waals surface area (Å²) in [4.78, 5) is 5.24. The largest absolute Gasteiger partial charge is 0.384 e. The summed E-state index contributed by atoms with van der Waals surface area (Å²) in [5.74, 6) is 0.694. The molecular formula is C18H29N3. The Morgan fingerprint density at radius 1 is 1.24 bits per heavy atom. The first-order chi connectivity index (χ1) is 10.3. The smallest absolute Gasteiger partial charge is 0.0376 e. The number of hydrogen-bond acceptors (Lipinski definition) is 3. The van der Waals surface area contributed by atoms with E-state index in [1.165, 1.54) is 56.7 Å². The third-order valence-corrected chi connectivity index (χ3v) is 5.20. The molecule has 1 aromatic carbocycles. The molecule has 3 heteroatoms. The Kier molecular flexibility index (Phi) is 4.81. The van der Waals surface area contributed by atoms with E-state index in [1.807, 2.05) is 0 Å². The third kappa shape index (κ3) is 3.41. The van der Waals surface area contributed by atoms with E-state index in [0.717, 1.165) is 12.6 Å². The van der Waals surface area contributed by atoms with Gasteiger partial charge in [0.2, 0.25) is 0 Å². The minimum absolute atomic E-state index is 0.694. The molecule has 0 aliphatic carbocycles. The van der Waals surface area contributed by atoms with Crippen LogP contribution < -0.4 is 5.32 Å². The Hall–Kier alpha value is -1.06. The van der Waals surface area contributed by atoms with Crippen molar-refractivity contribution in [3.63, 3.8) is 0 Å². The van der Waals surface area contributed by atoms with Crippen molar-refractivity contribution < 1.29 is 0 Å². The number of benzene rings is 1. The molecule has 3 rings (SSSR count). The number of nitrogens with zero attached hydrogens (tertiary/aromatic N) is 2. The van der Waals surface area contributed by atoms with Gasteiger partial charge in [0.05, 0.1) is 0 Å². The number of likely N-dealkylation sites (N-methyl/N-ethyl adjacent to an activating group) is 1. The van der Waals surface area contributed by atoms with Gasteiger partial charge in [-0.3, -0.25) is 4.90 Å². The molecule has 0 amide bonds. The molecule has 2 heterocycles. The normalized spacial score (nSPS) is 27.1. The van der Waals surface area contributed by atoms with Crippen molar-refractivity contribution in [1.82, 2.24) is 9.80 Å². The first kappa shape index (κ1) is 14.9. The standard InChI is InChI=1S/C18H29N3/c1-3-16-14-20(2)10-6-11-21(16)12-9-15-13-19-18-8-5-4-7-17(15)18/h4-5,7-8,15-16,19H,3,6,9-14H2,1-2H3. The Morgan fingerprint density at radius 2 is 2.10 bits per heavy atom. The van der Waals surface area contributed by atoms with E-state index >= 15 is 0 Å². The lowest BCUT2D eigenvalue weighted by molar-refractivity contribution is 0.178. The fourth-order valence-corrected chi connectivity index (χ4v) is 3.91. The van der Waals surface area contributed by atoms with Crippen LogP contribution in [0, 0.1) is 0 Å². The molecule has 1 saturated heterocycles. The lowest BCUT2D eigenvalue weighted by Crippen LogP contribution is -2.40. The highest BCUT2D eigenvalue weighted by molar-refractivity contribution is 5.57. The molecule has 1 aromatic rings. The number of fused-ring (bicyclic) bond motifs is 1. The molecular weight excluding hydrogens is 258 g/mol. The molecule has 0 radical (unpaired) electrons. The van der Waals surface area contributed by atoms with E-state index in [-0.39, 0.29) is 0 Å². The van der Waals surface area contributed by atoms with Crippen molar-refractivity contribution in [3.8, 4) is 0 Å². The van der Waals surface area contributed by atoms with Gasteiger partial charge in [-0.25, -0.2) is 0 Å². The molecule has 2 atom stereocenters. The van der Waals surface area contributed by atoms with Gasteiger partial charge in [-0.15, -0.1) is 0 Å². The molecule has 116 valence electrons. The summed E-state index contributed by atoms with van der Waals surface area (Å²) in [6, 6.07) is 9.56. The molecule has 1 fully saturated rings. The van der Waals surface area contributed by atoms with E-state index in [0.29, 0.717) is 5.92 Å². The average molecular weight is 287 g/mol. The number of para-hydroxylation sites is 1. The van der Waals surface area contributed by atoms with Crippen LogP contribution in [0.1, 0.15) is 37.7 Å². The highest BCUT2D eigenvalue weighted by Gasteiger charge is 2.25. The molecule has 21 heavy (non-hydrogen) atoms. The zero-order valence-corrected chi connectivity index (χ0v) is 13.5. The number of hydrogen-bond donors (Lipinski definition) is 1. The van der Waals surface area contributed by atoms with Crippen molar-refractivity contribution in [2.75, 3.05) is 45.1 Å². The van der Waals surface area contributed by atoms with Gasteiger partial charge in [0.25, 0.3) is 0 Å². The maximum Gasteiger partial charge on any atom is 0.0376 e. The second-order valence-electron chi connectivity index (χ2n) is 6.67. The maximum atomic E-state index is 3.56. The molecule has 2 aliphatic heterocycles. The predicted octanol–water partition coefficient (Wildman–Crippen LogP) is 3.00. The van der Waals surface area contributed by atoms with Crippen LogP contribution in [0.2, 0.25) is 0 Å². The second kappa shape index (κ2) is 6.80. The van der Waals surface area contributed by atoms with E-state index < -0.39 is 0 Å². The zero-order chi connectivity index (χ0) is 14.7. The van der Waals surface area contributed by atoms with Crippen LogP contribution in [0.15, 0.2) is 24.3 Å². The topological polar surface area (TPSA) is 18.5 Å². The highest BCUT2D eigenvalue weighted by Crippen LogP contribution is 2.33. The van der Waals surface area contributed by atoms with Crippen molar-refractivity contribution in [1.29, 1.82) is 0 Å². The molecule has 1 N–H and O–H groups in total. The van der Waals surface area contributed by atoms with Gasteiger partial charge in [-0.2, -0.15) is 0 Å². The van der Waals surface area contributed by atoms with Crippen LogP contribution in [-0.4, -0.2) is 55.6 Å². The average Bonchev–Trinajstić information content (AvgIpc) is 2.82. The number of rotatable bonds is 4. The predicted molar refractivity (Wildman–Crippen MR) is 90.1 cm³/mol. The molecule has 3 nitrogen and oxygen atoms in total. The summed E-state index contributed by atoms with van der Waals surface area (Å²) in [5.41, 5.74) is 2.88. The lowest BCUT2D eigenvalue weighted by Gasteiger charge is -2.31. The fraction of sp³-hybridized carbons (Fsp3) is 0.667. The van der Waals surface area contributed by atoms with E-state index in [9.17, 15) is 0 Å². The van der Waals surface area contributed by atoms with E-state index in [2.05, 4.69) is 53.4 Å². The summed E-state index contributed by atoms with van der Waals surface area (Å²) in [6.07, 6.45) is 3.86. The molecule has 0 spiro atoms. The van der Waals surface area contributed by atoms with Crippen molar-refractivity contribution >= 4 is 5.69 Å². The monoisotopic (exact) mass is 287 g/mol. The molecule has 0 aromatic heterocycles. The maximum absolute atomic E-state index is 3.56. The minimum Gasteiger partial charge on any atom is -0.384 e. The fourth-order valence-electron chi connectivity index (χ4n) is 3.91. The minimum atomic E-state index is 0.694. The van der Waals surface area contributed by atoms with Crippen molar-refractivity contribution in [2.24, 2.45) is 0 Å². The SMILES string of the molecule is CCC1CN(C)CCCN1CCC1CNc2ccccc21. The van der Waals surface area contributed by atoms with Crippen LogP contribution in [0.25, 0.3) is 0 Å². The first-order valence-corrected chi connectivity index (χ1v) is 8.53. The van der Waals surface area contributed by atoms with Crippen LogP contribution in [-0.2, 0) is 0 Å². The quantitative estimate of drug-likeness (QED) is 0.918. The number of anilines is 1. The Bertz CT molecular complexity index is 460. The van der Waals surface area contributed by atoms with Gasteiger partial charge in [0.15, 0.2) is 0 Å². The van der Waals surface area contributed by atoms with Gasteiger partial charge in [-0.1, -0.05) is 25.1 Å². The van der Waals surface area contributed by atoms with E-state index in [1.54, 1.807) is 0 Å². The third-order valence-electron chi connectivity index (χ3n) is 5.20. The van der Waals surface area contributed by atoms with E-state index in [4.69, 9.17) is 0 Å². The molecule has 2 unspecified atom stereocenters. The highest BCUT2D eigenvalue weighted by atomic mass is 15.2. The Morgan fingerprint density at radius 3 is 2.95 bits per heavy atom. The Balaban J connectivity index is 1.59. The number of nitrogens with one attached hydrogen (secondary N) is 1. The summed E-state index contributed by atoms with van der Waals surface area (Å²) >= 11 is 0. The van der Waals surface area contributed by atoms with Crippen molar-refractivity contribution in [3.05, 3.63) is 29.8 Å². The summed E-state index contributed by atoms with van der Waals surface area (Å²) in [5, 5.41) is 3.56. The van der Waals surface area contributed by atoms with Gasteiger partial charge < -0.3 is 10.2 Å². The van der Waals surface area contributed by atoms with Crippen molar-refractivity contribution in [2.45, 2.75) is 38.1 Å². The van der Waals surface area contributed by atoms with Gasteiger partial charge in [0.1, 0.15) is 0 Å². The first-order valence-electron chi connectivity index (χ1n) is 8.53. The van der Waals surface area contributed by atoms with Crippen LogP contribution in [0.4, 0.5) is 5.69 Å². The van der Waals surface area contributed by atoms with Crippen LogP contribution in [0.3, 0.4) is 0 Å². The Labute approximate surface area is 129 Å². The van der Waals surface area contributed by atoms with Gasteiger partial charge in [0, 0.05) is 30.7 Å². The lowest BCUT2D eigenvalue weighted by atomic mass is 9.97. The van der Waals surface area contributed by atoms with Crippen LogP contribution >= 0.6 is 0 Å². The van der Waals surface area contributed by atoms with Gasteiger partial charge in [-0.05, 0) is 57.6 Å².